The molecule has 0 aromatic carbocycles. The maximum Gasteiger partial charge on any atom is 0.211 e. The van der Waals surface area contributed by atoms with E-state index in [-0.39, 0.29) is 13.2 Å². The van der Waals surface area contributed by atoms with Crippen molar-refractivity contribution in [3.8, 4) is 0 Å². The molecule has 0 aromatic heterocycles. The van der Waals surface area contributed by atoms with Gasteiger partial charge in [-0.2, -0.15) is 0 Å². The van der Waals surface area contributed by atoms with Crippen molar-refractivity contribution in [2.45, 2.75) is 6.10 Å². The largest absolute Gasteiger partial charge is 0.394 e. The van der Waals surface area contributed by atoms with Gasteiger partial charge in [-0.05, 0) is 0 Å². The highest BCUT2D eigenvalue weighted by molar-refractivity contribution is 4.43. The van der Waals surface area contributed by atoms with Crippen LogP contribution in [0.2, 0.25) is 0 Å². The highest BCUT2D eigenvalue weighted by atomic mass is 16.3. The molecule has 0 spiro atoms. The molecule has 0 aromatic rings. The van der Waals surface area contributed by atoms with Crippen molar-refractivity contribution in [3.05, 3.63) is 0 Å². The van der Waals surface area contributed by atoms with Gasteiger partial charge in [-0.25, -0.2) is 0 Å². The zero-order valence-corrected chi connectivity index (χ0v) is 3.22. The molecule has 3 nitrogen and oxygen atoms in total. The van der Waals surface area contributed by atoms with Crippen LogP contribution in [0.4, 0.5) is 0 Å². The van der Waals surface area contributed by atoms with E-state index in [1.165, 1.54) is 0 Å². The summed E-state index contributed by atoms with van der Waals surface area (Å²) in [5.74, 6) is 0. The molecule has 0 aliphatic heterocycles. The average Bonchev–Trinajstić information content (AvgIpc) is 1.88. The Labute approximate surface area is 40.3 Å². The van der Waals surface area contributed by atoms with E-state index in [4.69, 9.17) is 4.29 Å². The summed E-state index contributed by atoms with van der Waals surface area (Å²) in [4.78, 5) is 0. The van der Waals surface area contributed by atoms with Crippen LogP contribution in [-0.4, -0.2) is 38.9 Å². The Balaban J connectivity index is 3.18. The SMILES string of the molecule is [3H]OCC(CO[3H])O[3H]. The standard InChI is InChI=1S/C3H8O3/c4-1-3(6)2-5/h3-6H,1-2H2/i4T,5T,6T. The second-order valence-corrected chi connectivity index (χ2v) is 0.955. The number of aliphatic hydroxyl groups excluding tert-OH is 3. The molecule has 0 aliphatic rings. The van der Waals surface area contributed by atoms with Crippen molar-refractivity contribution in [1.29, 1.82) is 4.29 Å². The van der Waals surface area contributed by atoms with Crippen LogP contribution in [0.3, 0.4) is 0 Å². The summed E-state index contributed by atoms with van der Waals surface area (Å²) in [7, 11) is 0. The maximum absolute atomic E-state index is 6.34. The number of aliphatic hydroxyl groups is 3. The molecule has 38 valence electrons. The Morgan fingerprint density at radius 1 is 1.50 bits per heavy atom. The van der Waals surface area contributed by atoms with Gasteiger partial charge in [0.2, 0.25) is 4.29 Å². The van der Waals surface area contributed by atoms with E-state index in [2.05, 4.69) is 15.3 Å². The van der Waals surface area contributed by atoms with Crippen LogP contribution in [0.1, 0.15) is 0 Å². The molecule has 0 unspecified atom stereocenters. The molecule has 0 saturated carbocycles. The molecule has 0 atom stereocenters. The lowest BCUT2D eigenvalue weighted by atomic mass is 10.4. The quantitative estimate of drug-likeness (QED) is 0.385. The van der Waals surface area contributed by atoms with Gasteiger partial charge < -0.3 is 15.3 Å². The van der Waals surface area contributed by atoms with Crippen LogP contribution >= 0.6 is 0 Å². The van der Waals surface area contributed by atoms with E-state index in [1.54, 1.807) is 0 Å². The van der Waals surface area contributed by atoms with Gasteiger partial charge in [-0.3, -0.25) is 0 Å². The molecule has 0 amide bonds. The van der Waals surface area contributed by atoms with E-state index in [0.29, 0.717) is 0 Å². The monoisotopic (exact) mass is 98.1 g/mol. The third-order valence-corrected chi connectivity index (χ3v) is 0.372. The van der Waals surface area contributed by atoms with Gasteiger partial charge in [0.25, 0.3) is 0 Å². The van der Waals surface area contributed by atoms with Crippen molar-refractivity contribution in [2.24, 2.45) is 0 Å². The van der Waals surface area contributed by atoms with Gasteiger partial charge in [0.15, 0.2) is 0 Å². The molecule has 0 saturated heterocycles. The number of hydrogen-bond acceptors (Lipinski definition) is 3. The average molecular weight is 98.1 g/mol. The molecule has 0 fully saturated rings. The first-order chi connectivity index (χ1) is 4.35. The Kier molecular flexibility index (Phi) is 1.16. The third kappa shape index (κ3) is 2.14. The fourth-order valence-electron chi connectivity index (χ4n) is 0.0481. The van der Waals surface area contributed by atoms with Crippen molar-refractivity contribution in [3.63, 3.8) is 0 Å². The topological polar surface area (TPSA) is 60.7 Å². The normalized spacial score (nSPS) is 16.5. The van der Waals surface area contributed by atoms with Gasteiger partial charge in [0.05, 0.1) is 13.2 Å². The molecule has 3 heteroatoms. The second-order valence-electron chi connectivity index (χ2n) is 0.955. The maximum atomic E-state index is 6.34. The molecular weight excluding hydrogens is 84.0 g/mol. The van der Waals surface area contributed by atoms with Crippen LogP contribution in [0.5, 0.6) is 0 Å². The minimum absolute atomic E-state index is 0.0532. The summed E-state index contributed by atoms with van der Waals surface area (Å²) in [5.41, 5.74) is 0. The molecule has 0 aliphatic carbocycles. The summed E-state index contributed by atoms with van der Waals surface area (Å²) < 4.78 is 18.8. The summed E-state index contributed by atoms with van der Waals surface area (Å²) >= 11 is 0. The molecule has 0 bridgehead atoms. The first kappa shape index (κ1) is 2.26. The third-order valence-electron chi connectivity index (χ3n) is 0.372. The van der Waals surface area contributed by atoms with E-state index in [0.717, 1.165) is 0 Å². The Morgan fingerprint density at radius 3 is 2.50 bits per heavy atom. The molecule has 3 N–H and O–H groups in total. The summed E-state index contributed by atoms with van der Waals surface area (Å²) in [6, 6.07) is 0. The summed E-state index contributed by atoms with van der Waals surface area (Å²) in [5, 5.41) is 11.8. The fourth-order valence-corrected chi connectivity index (χ4v) is 0.0481. The molecule has 0 rings (SSSR count). The first-order valence-corrected chi connectivity index (χ1v) is 1.63. The summed E-state index contributed by atoms with van der Waals surface area (Å²) in [6.07, 6.45) is -0.639. The van der Waals surface area contributed by atoms with E-state index in [9.17, 15) is 0 Å². The van der Waals surface area contributed by atoms with Crippen LogP contribution in [0, 0.1) is 0 Å². The zero-order chi connectivity index (χ0) is 7.11. The zero-order valence-electron chi connectivity index (χ0n) is 6.22. The van der Waals surface area contributed by atoms with Crippen LogP contribution in [-0.2, 0) is 0 Å². The lowest BCUT2D eigenvalue weighted by Gasteiger charge is -1.96. The second kappa shape index (κ2) is 3.08. The predicted molar refractivity (Wildman–Crippen MR) is 20.2 cm³/mol. The Morgan fingerprint density at radius 2 is 2.17 bits per heavy atom. The minimum atomic E-state index is -0.639. The predicted octanol–water partition coefficient (Wildman–Crippen LogP) is -1.67. The van der Waals surface area contributed by atoms with Gasteiger partial charge in [0, 0.05) is 0 Å². The summed E-state index contributed by atoms with van der Waals surface area (Å²) in [6.45, 7) is -0.106. The highest BCUT2D eigenvalue weighted by Crippen LogP contribution is 1.71. The van der Waals surface area contributed by atoms with Crippen molar-refractivity contribution < 1.29 is 15.3 Å². The van der Waals surface area contributed by atoms with Crippen LogP contribution in [0.25, 0.3) is 0 Å². The van der Waals surface area contributed by atoms with Gasteiger partial charge in [-0.15, -0.1) is 0 Å². The van der Waals surface area contributed by atoms with Crippen LogP contribution < -0.4 is 0 Å². The van der Waals surface area contributed by atoms with Crippen molar-refractivity contribution in [1.82, 2.24) is 0 Å². The Hall–Kier alpha value is -0.120. The lowest BCUT2D eigenvalue weighted by molar-refractivity contribution is 0.0450. The van der Waals surface area contributed by atoms with Crippen LogP contribution in [0.15, 0.2) is 0 Å². The minimum Gasteiger partial charge on any atom is -0.394 e. The number of rotatable bonds is 5. The molecule has 0 heterocycles. The Bertz CT molecular complexity index is 56.3. The van der Waals surface area contributed by atoms with Gasteiger partial charge in [0.1, 0.15) is 6.10 Å². The smallest absolute Gasteiger partial charge is 0.211 e. The first-order valence-electron chi connectivity index (χ1n) is 2.85. The van der Waals surface area contributed by atoms with E-state index >= 15 is 0 Å². The molecular formula is C3H8O3. The van der Waals surface area contributed by atoms with Gasteiger partial charge in [-0.1, -0.05) is 0 Å². The highest BCUT2D eigenvalue weighted by Gasteiger charge is 1.93. The molecule has 6 heavy (non-hydrogen) atoms. The fraction of sp³-hybridized carbons (Fsp3) is 1.00. The number of hydrogen-bond donors (Lipinski definition) is 3. The van der Waals surface area contributed by atoms with Crippen molar-refractivity contribution >= 4 is 0 Å². The van der Waals surface area contributed by atoms with Gasteiger partial charge >= 0.3 is 0 Å². The lowest BCUT2D eigenvalue weighted by Crippen LogP contribution is -2.15. The van der Waals surface area contributed by atoms with Crippen molar-refractivity contribution in [2.75, 3.05) is 13.2 Å². The van der Waals surface area contributed by atoms with E-state index < -0.39 is 6.10 Å². The molecule has 0 radical (unpaired) electrons. The van der Waals surface area contributed by atoms with E-state index in [1.807, 2.05) is 0 Å².